The zero-order chi connectivity index (χ0) is 15.9. The van der Waals surface area contributed by atoms with Gasteiger partial charge < -0.3 is 20.3 Å². The molecular formula is C16H27N3O2. The number of benzene rings is 1. The van der Waals surface area contributed by atoms with Crippen molar-refractivity contribution in [3.05, 3.63) is 24.3 Å². The third-order valence-electron chi connectivity index (χ3n) is 2.73. The molecule has 0 aromatic heterocycles. The van der Waals surface area contributed by atoms with Crippen molar-refractivity contribution < 1.29 is 9.53 Å². The minimum atomic E-state index is -0.448. The van der Waals surface area contributed by atoms with Gasteiger partial charge in [-0.25, -0.2) is 4.79 Å². The number of alkyl carbamates (subject to hydrolysis) is 1. The highest BCUT2D eigenvalue weighted by atomic mass is 16.6. The lowest BCUT2D eigenvalue weighted by atomic mass is 10.2. The molecule has 2 N–H and O–H groups in total. The summed E-state index contributed by atoms with van der Waals surface area (Å²) in [6.45, 7) is 6.96. The molecule has 1 amide bonds. The molecule has 5 heteroatoms. The van der Waals surface area contributed by atoms with E-state index in [0.29, 0.717) is 6.54 Å². The maximum atomic E-state index is 11.4. The molecule has 0 aliphatic heterocycles. The molecule has 0 atom stereocenters. The fraction of sp³-hybridized carbons (Fsp3) is 0.562. The van der Waals surface area contributed by atoms with Gasteiger partial charge in [0.1, 0.15) is 5.60 Å². The topological polar surface area (TPSA) is 53.6 Å². The van der Waals surface area contributed by atoms with Gasteiger partial charge in [0, 0.05) is 38.6 Å². The number of nitrogens with zero attached hydrogens (tertiary/aromatic N) is 1. The summed E-state index contributed by atoms with van der Waals surface area (Å²) in [7, 11) is 4.04. The molecule has 0 aliphatic rings. The maximum absolute atomic E-state index is 11.4. The van der Waals surface area contributed by atoms with Gasteiger partial charge in [-0.15, -0.1) is 0 Å². The van der Waals surface area contributed by atoms with Gasteiger partial charge in [0.05, 0.1) is 0 Å². The van der Waals surface area contributed by atoms with Gasteiger partial charge in [0.15, 0.2) is 0 Å². The molecule has 0 bridgehead atoms. The quantitative estimate of drug-likeness (QED) is 0.791. The van der Waals surface area contributed by atoms with E-state index in [4.69, 9.17) is 4.74 Å². The molecule has 5 nitrogen and oxygen atoms in total. The number of hydrogen-bond acceptors (Lipinski definition) is 4. The predicted octanol–water partition coefficient (Wildman–Crippen LogP) is 3.08. The molecule has 0 fully saturated rings. The lowest BCUT2D eigenvalue weighted by Crippen LogP contribution is -2.33. The van der Waals surface area contributed by atoms with E-state index in [0.717, 1.165) is 18.7 Å². The molecule has 0 aliphatic carbocycles. The molecule has 0 heterocycles. The molecule has 118 valence electrons. The van der Waals surface area contributed by atoms with E-state index in [-0.39, 0.29) is 6.09 Å². The first-order chi connectivity index (χ1) is 9.78. The summed E-state index contributed by atoms with van der Waals surface area (Å²) in [6, 6.07) is 8.25. The third kappa shape index (κ3) is 7.44. The van der Waals surface area contributed by atoms with E-state index in [1.54, 1.807) is 0 Å². The van der Waals surface area contributed by atoms with E-state index in [9.17, 15) is 4.79 Å². The summed E-state index contributed by atoms with van der Waals surface area (Å²) in [4.78, 5) is 13.5. The van der Waals surface area contributed by atoms with E-state index in [1.165, 1.54) is 5.69 Å². The summed E-state index contributed by atoms with van der Waals surface area (Å²) in [5.41, 5.74) is 1.81. The molecule has 21 heavy (non-hydrogen) atoms. The molecule has 0 saturated heterocycles. The van der Waals surface area contributed by atoms with Gasteiger partial charge in [0.25, 0.3) is 0 Å². The number of anilines is 2. The van der Waals surface area contributed by atoms with E-state index < -0.39 is 5.60 Å². The second kappa shape index (κ2) is 7.76. The standard InChI is InChI=1S/C16H27N3O2/c1-16(2,3)21-15(20)18-12-6-11-17-13-7-9-14(10-8-13)19(4)5/h7-10,17H,6,11-12H2,1-5H3,(H,18,20). The molecule has 0 unspecified atom stereocenters. The minimum absolute atomic E-state index is 0.363. The van der Waals surface area contributed by atoms with Gasteiger partial charge in [0.2, 0.25) is 0 Å². The molecule has 1 aromatic carbocycles. The van der Waals surface area contributed by atoms with Crippen LogP contribution in [-0.2, 0) is 4.74 Å². The molecule has 1 aromatic rings. The summed E-state index contributed by atoms with van der Waals surface area (Å²) in [5, 5.41) is 6.06. The summed E-state index contributed by atoms with van der Waals surface area (Å²) >= 11 is 0. The highest BCUT2D eigenvalue weighted by Crippen LogP contribution is 2.15. The Hall–Kier alpha value is -1.91. The second-order valence-corrected chi connectivity index (χ2v) is 6.15. The van der Waals surface area contributed by atoms with Crippen LogP contribution in [0.2, 0.25) is 0 Å². The van der Waals surface area contributed by atoms with E-state index in [2.05, 4.69) is 39.8 Å². The Balaban J connectivity index is 2.18. The lowest BCUT2D eigenvalue weighted by molar-refractivity contribution is 0.0528. The second-order valence-electron chi connectivity index (χ2n) is 6.15. The van der Waals surface area contributed by atoms with Crippen LogP contribution in [0.25, 0.3) is 0 Å². The van der Waals surface area contributed by atoms with Crippen molar-refractivity contribution >= 4 is 17.5 Å². The molecule has 0 spiro atoms. The first-order valence-corrected chi connectivity index (χ1v) is 7.26. The van der Waals surface area contributed by atoms with Crippen LogP contribution in [0.3, 0.4) is 0 Å². The Labute approximate surface area is 127 Å². The van der Waals surface area contributed by atoms with Crippen LogP contribution in [0.1, 0.15) is 27.2 Å². The number of ether oxygens (including phenoxy) is 1. The van der Waals surface area contributed by atoms with Gasteiger partial charge in [-0.05, 0) is 51.5 Å². The number of carbonyl (C=O) groups is 1. The SMILES string of the molecule is CN(C)c1ccc(NCCCNC(=O)OC(C)(C)C)cc1. The normalized spacial score (nSPS) is 10.9. The van der Waals surface area contributed by atoms with Crippen molar-refractivity contribution in [1.29, 1.82) is 0 Å². The highest BCUT2D eigenvalue weighted by Gasteiger charge is 2.15. The molecule has 0 saturated carbocycles. The summed E-state index contributed by atoms with van der Waals surface area (Å²) < 4.78 is 5.16. The van der Waals surface area contributed by atoms with Crippen molar-refractivity contribution in [1.82, 2.24) is 5.32 Å². The van der Waals surface area contributed by atoms with Gasteiger partial charge in [-0.2, -0.15) is 0 Å². The van der Waals surface area contributed by atoms with Gasteiger partial charge >= 0.3 is 6.09 Å². The minimum Gasteiger partial charge on any atom is -0.444 e. The Morgan fingerprint density at radius 1 is 1.14 bits per heavy atom. The van der Waals surface area contributed by atoms with Crippen LogP contribution in [0, 0.1) is 0 Å². The van der Waals surface area contributed by atoms with Crippen LogP contribution in [0.5, 0.6) is 0 Å². The van der Waals surface area contributed by atoms with Crippen LogP contribution >= 0.6 is 0 Å². The van der Waals surface area contributed by atoms with Gasteiger partial charge in [-0.3, -0.25) is 0 Å². The molecule has 1 rings (SSSR count). The first kappa shape index (κ1) is 17.1. The Morgan fingerprint density at radius 2 is 1.76 bits per heavy atom. The van der Waals surface area contributed by atoms with Crippen LogP contribution < -0.4 is 15.5 Å². The third-order valence-corrected chi connectivity index (χ3v) is 2.73. The fourth-order valence-electron chi connectivity index (χ4n) is 1.70. The van der Waals surface area contributed by atoms with Crippen LogP contribution in [0.4, 0.5) is 16.2 Å². The zero-order valence-electron chi connectivity index (χ0n) is 13.7. The lowest BCUT2D eigenvalue weighted by Gasteiger charge is -2.19. The summed E-state index contributed by atoms with van der Waals surface area (Å²) in [6.07, 6.45) is 0.479. The van der Waals surface area contributed by atoms with E-state index >= 15 is 0 Å². The number of hydrogen-bond donors (Lipinski definition) is 2. The average molecular weight is 293 g/mol. The van der Waals surface area contributed by atoms with Crippen molar-refractivity contribution in [3.8, 4) is 0 Å². The molecule has 0 radical (unpaired) electrons. The number of amides is 1. The monoisotopic (exact) mass is 293 g/mol. The maximum Gasteiger partial charge on any atom is 0.407 e. The number of carbonyl (C=O) groups excluding carboxylic acids is 1. The van der Waals surface area contributed by atoms with Crippen molar-refractivity contribution in [2.24, 2.45) is 0 Å². The number of nitrogens with one attached hydrogen (secondary N) is 2. The van der Waals surface area contributed by atoms with Crippen LogP contribution in [-0.4, -0.2) is 38.9 Å². The fourth-order valence-corrected chi connectivity index (χ4v) is 1.70. The predicted molar refractivity (Wildman–Crippen MR) is 88.1 cm³/mol. The van der Waals surface area contributed by atoms with Crippen molar-refractivity contribution in [2.45, 2.75) is 32.8 Å². The Kier molecular flexibility index (Phi) is 6.34. The average Bonchev–Trinajstić information content (AvgIpc) is 2.36. The largest absolute Gasteiger partial charge is 0.444 e. The van der Waals surface area contributed by atoms with E-state index in [1.807, 2.05) is 34.9 Å². The highest BCUT2D eigenvalue weighted by molar-refractivity contribution is 5.67. The Bertz CT molecular complexity index is 436. The van der Waals surface area contributed by atoms with Crippen molar-refractivity contribution in [2.75, 3.05) is 37.4 Å². The van der Waals surface area contributed by atoms with Crippen molar-refractivity contribution in [3.63, 3.8) is 0 Å². The smallest absolute Gasteiger partial charge is 0.407 e. The number of rotatable bonds is 6. The Morgan fingerprint density at radius 3 is 2.29 bits per heavy atom. The zero-order valence-corrected chi connectivity index (χ0v) is 13.7. The summed E-state index contributed by atoms with van der Waals surface area (Å²) in [5.74, 6) is 0. The molecular weight excluding hydrogens is 266 g/mol. The van der Waals surface area contributed by atoms with Gasteiger partial charge in [-0.1, -0.05) is 0 Å². The van der Waals surface area contributed by atoms with Crippen LogP contribution in [0.15, 0.2) is 24.3 Å². The first-order valence-electron chi connectivity index (χ1n) is 7.26.